The van der Waals surface area contributed by atoms with Gasteiger partial charge in [0.15, 0.2) is 0 Å². The second-order valence-corrected chi connectivity index (χ2v) is 9.59. The van der Waals surface area contributed by atoms with E-state index in [1.807, 2.05) is 17.8 Å². The molecule has 4 heteroatoms. The van der Waals surface area contributed by atoms with Gasteiger partial charge in [0, 0.05) is 4.90 Å². The van der Waals surface area contributed by atoms with Gasteiger partial charge in [0.2, 0.25) is 0 Å². The summed E-state index contributed by atoms with van der Waals surface area (Å²) in [5.41, 5.74) is 0.642. The number of hydrogen-bond donors (Lipinski definition) is 0. The Morgan fingerprint density at radius 2 is 1.32 bits per heavy atom. The monoisotopic (exact) mass is 354 g/mol. The van der Waals surface area contributed by atoms with Gasteiger partial charge in [-0.05, 0) is 51.8 Å². The molecule has 0 radical (unpaired) electrons. The number of thioether (sulfide) groups is 1. The Bertz CT molecular complexity index is 643. The maximum absolute atomic E-state index is 6.43. The molecule has 1 fully saturated rings. The smallest absolute Gasteiger partial charge is 0.402 e. The van der Waals surface area contributed by atoms with Crippen LogP contribution in [0.25, 0.3) is 0 Å². The molecule has 0 bridgehead atoms. The standard InChI is InChI=1S/C21H27BO2S/c1-19(2)20(3,4)24-22(23-19)21(5,16-17-12-8-6-9-13-17)25-18-14-10-7-11-15-18/h6-15H,16H2,1-5H3. The lowest BCUT2D eigenvalue weighted by Crippen LogP contribution is -2.45. The molecule has 0 spiro atoms. The highest BCUT2D eigenvalue weighted by Gasteiger charge is 2.58. The summed E-state index contributed by atoms with van der Waals surface area (Å²) in [6, 6.07) is 21.1. The molecule has 2 aromatic carbocycles. The molecular formula is C21H27BO2S. The predicted molar refractivity (Wildman–Crippen MR) is 107 cm³/mol. The van der Waals surface area contributed by atoms with Crippen LogP contribution in [0.15, 0.2) is 65.6 Å². The van der Waals surface area contributed by atoms with Crippen LogP contribution in [0.5, 0.6) is 0 Å². The summed E-state index contributed by atoms with van der Waals surface area (Å²) >= 11 is 1.83. The van der Waals surface area contributed by atoms with Gasteiger partial charge in [0.05, 0.1) is 15.8 Å². The Hall–Kier alpha value is -1.23. The van der Waals surface area contributed by atoms with Gasteiger partial charge in [-0.1, -0.05) is 55.5 Å². The van der Waals surface area contributed by atoms with E-state index in [0.29, 0.717) is 0 Å². The molecule has 1 saturated heterocycles. The molecule has 3 rings (SSSR count). The third-order valence-corrected chi connectivity index (χ3v) is 6.55. The van der Waals surface area contributed by atoms with Gasteiger partial charge < -0.3 is 9.31 Å². The third-order valence-electron chi connectivity index (χ3n) is 5.24. The zero-order chi connectivity index (χ0) is 18.1. The summed E-state index contributed by atoms with van der Waals surface area (Å²) in [6.07, 6.45) is 0.879. The minimum Gasteiger partial charge on any atom is -0.402 e. The van der Waals surface area contributed by atoms with Gasteiger partial charge in [0.1, 0.15) is 0 Å². The van der Waals surface area contributed by atoms with Crippen LogP contribution in [0, 0.1) is 0 Å². The highest BCUT2D eigenvalue weighted by Crippen LogP contribution is 2.46. The fourth-order valence-corrected chi connectivity index (χ4v) is 4.28. The molecule has 1 atom stereocenters. The maximum atomic E-state index is 6.43. The molecule has 0 N–H and O–H groups in total. The van der Waals surface area contributed by atoms with Crippen LogP contribution >= 0.6 is 11.8 Å². The normalized spacial score (nSPS) is 21.1. The summed E-state index contributed by atoms with van der Waals surface area (Å²) < 4.78 is 12.6. The van der Waals surface area contributed by atoms with Crippen LogP contribution < -0.4 is 0 Å². The zero-order valence-electron chi connectivity index (χ0n) is 15.8. The largest absolute Gasteiger partial charge is 0.475 e. The Kier molecular flexibility index (Phi) is 5.07. The van der Waals surface area contributed by atoms with E-state index in [-0.39, 0.29) is 23.0 Å². The second-order valence-electron chi connectivity index (χ2n) is 7.98. The van der Waals surface area contributed by atoms with E-state index < -0.39 is 0 Å². The first kappa shape index (κ1) is 18.6. The fraction of sp³-hybridized carbons (Fsp3) is 0.429. The zero-order valence-corrected chi connectivity index (χ0v) is 16.6. The molecule has 0 aliphatic carbocycles. The highest BCUT2D eigenvalue weighted by molar-refractivity contribution is 8.02. The average molecular weight is 354 g/mol. The van der Waals surface area contributed by atoms with Crippen LogP contribution in [-0.4, -0.2) is 23.0 Å². The van der Waals surface area contributed by atoms with E-state index in [1.165, 1.54) is 10.5 Å². The quantitative estimate of drug-likeness (QED) is 0.528. The number of rotatable bonds is 5. The van der Waals surface area contributed by atoms with E-state index in [2.05, 4.69) is 89.2 Å². The molecule has 1 unspecified atom stereocenters. The van der Waals surface area contributed by atoms with Crippen LogP contribution in [0.1, 0.15) is 40.2 Å². The number of benzene rings is 2. The molecule has 0 amide bonds. The van der Waals surface area contributed by atoms with E-state index in [4.69, 9.17) is 9.31 Å². The summed E-state index contributed by atoms with van der Waals surface area (Å²) in [5.74, 6) is 0. The second kappa shape index (κ2) is 6.83. The van der Waals surface area contributed by atoms with Crippen molar-refractivity contribution in [3.05, 3.63) is 66.2 Å². The molecule has 0 saturated carbocycles. The lowest BCUT2D eigenvalue weighted by molar-refractivity contribution is 0.00578. The summed E-state index contributed by atoms with van der Waals surface area (Å²) in [7, 11) is -0.275. The van der Waals surface area contributed by atoms with E-state index in [0.717, 1.165) is 6.42 Å². The van der Waals surface area contributed by atoms with Crippen LogP contribution in [0.3, 0.4) is 0 Å². The lowest BCUT2D eigenvalue weighted by Gasteiger charge is -2.32. The van der Waals surface area contributed by atoms with Gasteiger partial charge in [0.25, 0.3) is 0 Å². The molecule has 132 valence electrons. The van der Waals surface area contributed by atoms with Crippen molar-refractivity contribution in [1.29, 1.82) is 0 Å². The van der Waals surface area contributed by atoms with E-state index in [1.54, 1.807) is 0 Å². The van der Waals surface area contributed by atoms with Crippen LogP contribution in [-0.2, 0) is 15.7 Å². The topological polar surface area (TPSA) is 18.5 Å². The van der Waals surface area contributed by atoms with Crippen molar-refractivity contribution >= 4 is 18.9 Å². The molecule has 25 heavy (non-hydrogen) atoms. The fourth-order valence-electron chi connectivity index (χ4n) is 3.02. The highest BCUT2D eigenvalue weighted by atomic mass is 32.2. The molecule has 1 aliphatic rings. The van der Waals surface area contributed by atoms with Crippen LogP contribution in [0.2, 0.25) is 0 Å². The Balaban J connectivity index is 1.92. The van der Waals surface area contributed by atoms with Gasteiger partial charge in [-0.3, -0.25) is 0 Å². The minimum atomic E-state index is -0.327. The minimum absolute atomic E-state index is 0.228. The Labute approximate surface area is 156 Å². The summed E-state index contributed by atoms with van der Waals surface area (Å²) in [4.78, 5) is 1.23. The van der Waals surface area contributed by atoms with E-state index >= 15 is 0 Å². The number of hydrogen-bond acceptors (Lipinski definition) is 3. The van der Waals surface area contributed by atoms with Crippen molar-refractivity contribution in [2.45, 2.75) is 61.8 Å². The SMILES string of the molecule is CC(Cc1ccccc1)(Sc1ccccc1)B1OC(C)(C)C(C)(C)O1. The first-order valence-electron chi connectivity index (χ1n) is 8.86. The first-order valence-corrected chi connectivity index (χ1v) is 9.67. The lowest BCUT2D eigenvalue weighted by atomic mass is 9.69. The van der Waals surface area contributed by atoms with Crippen LogP contribution in [0.4, 0.5) is 0 Å². The molecule has 2 nitrogen and oxygen atoms in total. The maximum Gasteiger partial charge on any atom is 0.475 e. The summed E-state index contributed by atoms with van der Waals surface area (Å²) in [5, 5.41) is 0. The van der Waals surface area contributed by atoms with Crippen molar-refractivity contribution in [3.63, 3.8) is 0 Å². The Morgan fingerprint density at radius 1 is 0.840 bits per heavy atom. The van der Waals surface area contributed by atoms with Crippen molar-refractivity contribution in [2.24, 2.45) is 0 Å². The van der Waals surface area contributed by atoms with Crippen molar-refractivity contribution in [2.75, 3.05) is 0 Å². The van der Waals surface area contributed by atoms with Gasteiger partial charge in [-0.25, -0.2) is 0 Å². The van der Waals surface area contributed by atoms with E-state index in [9.17, 15) is 0 Å². The molecule has 1 aliphatic heterocycles. The first-order chi connectivity index (χ1) is 11.7. The molecule has 2 aromatic rings. The molecular weight excluding hydrogens is 327 g/mol. The molecule has 1 heterocycles. The van der Waals surface area contributed by atoms with Gasteiger partial charge in [-0.15, -0.1) is 11.8 Å². The van der Waals surface area contributed by atoms with Gasteiger partial charge in [-0.2, -0.15) is 0 Å². The van der Waals surface area contributed by atoms with Gasteiger partial charge >= 0.3 is 7.12 Å². The third kappa shape index (κ3) is 3.97. The van der Waals surface area contributed by atoms with Crippen molar-refractivity contribution < 1.29 is 9.31 Å². The average Bonchev–Trinajstić information content (AvgIpc) is 2.78. The summed E-state index contributed by atoms with van der Waals surface area (Å²) in [6.45, 7) is 10.7. The van der Waals surface area contributed by atoms with Crippen molar-refractivity contribution in [3.8, 4) is 0 Å². The molecule has 0 aromatic heterocycles. The predicted octanol–water partition coefficient (Wildman–Crippen LogP) is 5.41. The van der Waals surface area contributed by atoms with Crippen molar-refractivity contribution in [1.82, 2.24) is 0 Å². The Morgan fingerprint density at radius 3 is 1.84 bits per heavy atom.